The number of urea groups is 1. The van der Waals surface area contributed by atoms with Gasteiger partial charge in [-0.1, -0.05) is 13.8 Å². The van der Waals surface area contributed by atoms with Crippen LogP contribution in [0.3, 0.4) is 0 Å². The van der Waals surface area contributed by atoms with Crippen LogP contribution in [-0.2, 0) is 18.4 Å². The highest BCUT2D eigenvalue weighted by Gasteiger charge is 2.34. The Hall–Kier alpha value is -3.16. The van der Waals surface area contributed by atoms with Crippen LogP contribution < -0.4 is 14.8 Å². The first-order chi connectivity index (χ1) is 15.3. The summed E-state index contributed by atoms with van der Waals surface area (Å²) in [6.07, 6.45) is 4.00. The van der Waals surface area contributed by atoms with Crippen molar-refractivity contribution in [3.8, 4) is 11.5 Å². The largest absolute Gasteiger partial charge is 0.497 e. The molecule has 0 atom stereocenters. The predicted molar refractivity (Wildman–Crippen MR) is 124 cm³/mol. The van der Waals surface area contributed by atoms with Crippen LogP contribution in [0.15, 0.2) is 36.5 Å². The molecule has 1 aromatic heterocycles. The third-order valence-electron chi connectivity index (χ3n) is 5.54. The van der Waals surface area contributed by atoms with Crippen LogP contribution in [0.25, 0.3) is 0 Å². The van der Waals surface area contributed by atoms with Crippen LogP contribution in [0.2, 0.25) is 0 Å². The zero-order chi connectivity index (χ0) is 23.3. The Labute approximate surface area is 190 Å². The minimum Gasteiger partial charge on any atom is -0.497 e. The van der Waals surface area contributed by atoms with Crippen LogP contribution in [0.5, 0.6) is 11.5 Å². The average molecular weight is 443 g/mol. The molecule has 1 aliphatic carbocycles. The van der Waals surface area contributed by atoms with Crippen molar-refractivity contribution < 1.29 is 19.1 Å². The van der Waals surface area contributed by atoms with Gasteiger partial charge in [0.15, 0.2) is 0 Å². The fraction of sp³-hybridized carbons (Fsp3) is 0.500. The predicted octanol–water partition coefficient (Wildman–Crippen LogP) is 3.72. The average Bonchev–Trinajstić information content (AvgIpc) is 3.52. The first kappa shape index (κ1) is 23.5. The number of ether oxygens (including phenoxy) is 2. The number of aryl methyl sites for hydroxylation is 1. The molecule has 0 radical (unpaired) electrons. The Bertz CT molecular complexity index is 936. The highest BCUT2D eigenvalue weighted by atomic mass is 16.5. The van der Waals surface area contributed by atoms with Gasteiger partial charge in [-0.25, -0.2) is 4.79 Å². The molecule has 3 amide bonds. The summed E-state index contributed by atoms with van der Waals surface area (Å²) in [6.45, 7) is 5.11. The van der Waals surface area contributed by atoms with Crippen LogP contribution >= 0.6 is 0 Å². The molecule has 8 heteroatoms. The smallest absolute Gasteiger partial charge is 0.322 e. The first-order valence-electron chi connectivity index (χ1n) is 11.0. The molecule has 0 unspecified atom stereocenters. The number of methoxy groups -OCH3 is 2. The molecule has 1 heterocycles. The van der Waals surface area contributed by atoms with Gasteiger partial charge < -0.3 is 29.2 Å². The van der Waals surface area contributed by atoms with E-state index in [2.05, 4.69) is 5.32 Å². The lowest BCUT2D eigenvalue weighted by Gasteiger charge is -2.29. The summed E-state index contributed by atoms with van der Waals surface area (Å²) in [5, 5.41) is 2.89. The van der Waals surface area contributed by atoms with E-state index in [9.17, 15) is 9.59 Å². The maximum Gasteiger partial charge on any atom is 0.322 e. The first-order valence-corrected chi connectivity index (χ1v) is 11.0. The number of benzene rings is 1. The Kier molecular flexibility index (Phi) is 7.66. The molecule has 8 nitrogen and oxygen atoms in total. The van der Waals surface area contributed by atoms with Crippen molar-refractivity contribution in [1.29, 1.82) is 0 Å². The van der Waals surface area contributed by atoms with E-state index in [0.717, 1.165) is 18.5 Å². The van der Waals surface area contributed by atoms with E-state index in [1.54, 1.807) is 30.2 Å². The lowest BCUT2D eigenvalue weighted by atomic mass is 10.2. The van der Waals surface area contributed by atoms with E-state index in [1.807, 2.05) is 48.7 Å². The van der Waals surface area contributed by atoms with Gasteiger partial charge in [-0.2, -0.15) is 0 Å². The molecule has 0 bridgehead atoms. The SMILES string of the molecule is COc1ccc(NC(=O)N(CC(=O)N(Cc2cccn2C)C2CC2)CC(C)C)c(OC)c1. The summed E-state index contributed by atoms with van der Waals surface area (Å²) in [4.78, 5) is 29.9. The van der Waals surface area contributed by atoms with E-state index in [1.165, 1.54) is 7.11 Å². The molecular weight excluding hydrogens is 408 g/mol. The van der Waals surface area contributed by atoms with Crippen molar-refractivity contribution in [3.63, 3.8) is 0 Å². The number of carbonyl (C=O) groups excluding carboxylic acids is 2. The topological polar surface area (TPSA) is 76.0 Å². The normalized spacial score (nSPS) is 13.1. The van der Waals surface area contributed by atoms with Crippen molar-refractivity contribution in [3.05, 3.63) is 42.2 Å². The van der Waals surface area contributed by atoms with Gasteiger partial charge in [-0.05, 0) is 43.0 Å². The number of nitrogens with one attached hydrogen (secondary N) is 1. The summed E-state index contributed by atoms with van der Waals surface area (Å²) < 4.78 is 12.6. The number of anilines is 1. The third kappa shape index (κ3) is 5.96. The zero-order valence-electron chi connectivity index (χ0n) is 19.6. The lowest BCUT2D eigenvalue weighted by molar-refractivity contribution is -0.133. The van der Waals surface area contributed by atoms with Gasteiger partial charge in [0.1, 0.15) is 18.0 Å². The number of rotatable bonds is 10. The van der Waals surface area contributed by atoms with Gasteiger partial charge >= 0.3 is 6.03 Å². The van der Waals surface area contributed by atoms with Gasteiger partial charge in [-0.3, -0.25) is 4.79 Å². The number of hydrogen-bond donors (Lipinski definition) is 1. The molecule has 1 N–H and O–H groups in total. The molecule has 32 heavy (non-hydrogen) atoms. The molecule has 1 aliphatic rings. The van der Waals surface area contributed by atoms with Crippen molar-refractivity contribution in [1.82, 2.24) is 14.4 Å². The van der Waals surface area contributed by atoms with Crippen LogP contribution in [-0.4, -0.2) is 59.7 Å². The summed E-state index contributed by atoms with van der Waals surface area (Å²) in [6, 6.07) is 9.13. The minimum absolute atomic E-state index is 0.0312. The van der Waals surface area contributed by atoms with Gasteiger partial charge in [-0.15, -0.1) is 0 Å². The van der Waals surface area contributed by atoms with Crippen molar-refractivity contribution in [2.75, 3.05) is 32.6 Å². The molecule has 2 aromatic rings. The molecule has 1 aromatic carbocycles. The minimum atomic E-state index is -0.329. The number of hydrogen-bond acceptors (Lipinski definition) is 4. The van der Waals surface area contributed by atoms with Crippen molar-refractivity contribution in [2.45, 2.75) is 39.3 Å². The standard InChI is InChI=1S/C24H34N4O4/c1-17(2)14-27(24(30)25-21-11-10-20(31-4)13-22(21)32-5)16-23(29)28(18-8-9-18)15-19-7-6-12-26(19)3/h6-7,10-13,17-18H,8-9,14-16H2,1-5H3,(H,25,30). The molecule has 1 fully saturated rings. The van der Waals surface area contributed by atoms with E-state index in [0.29, 0.717) is 30.3 Å². The monoisotopic (exact) mass is 442 g/mol. The summed E-state index contributed by atoms with van der Waals surface area (Å²) in [5.74, 6) is 1.31. The fourth-order valence-electron chi connectivity index (χ4n) is 3.65. The quantitative estimate of drug-likeness (QED) is 0.608. The summed E-state index contributed by atoms with van der Waals surface area (Å²) >= 11 is 0. The second kappa shape index (κ2) is 10.4. The molecule has 0 spiro atoms. The van der Waals surface area contributed by atoms with Crippen LogP contribution in [0, 0.1) is 5.92 Å². The highest BCUT2D eigenvalue weighted by molar-refractivity contribution is 5.93. The lowest BCUT2D eigenvalue weighted by Crippen LogP contribution is -2.46. The second-order valence-corrected chi connectivity index (χ2v) is 8.63. The zero-order valence-corrected chi connectivity index (χ0v) is 19.6. The van der Waals surface area contributed by atoms with Gasteiger partial charge in [0.25, 0.3) is 0 Å². The van der Waals surface area contributed by atoms with E-state index < -0.39 is 0 Å². The maximum atomic E-state index is 13.3. The Morgan fingerprint density at radius 2 is 1.94 bits per heavy atom. The number of aromatic nitrogens is 1. The molecule has 1 saturated carbocycles. The molecule has 174 valence electrons. The van der Waals surface area contributed by atoms with E-state index >= 15 is 0 Å². The van der Waals surface area contributed by atoms with Crippen molar-refractivity contribution >= 4 is 17.6 Å². The highest BCUT2D eigenvalue weighted by Crippen LogP contribution is 2.30. The molecular formula is C24H34N4O4. The van der Waals surface area contributed by atoms with Crippen LogP contribution in [0.1, 0.15) is 32.4 Å². The third-order valence-corrected chi connectivity index (χ3v) is 5.54. The molecule has 3 rings (SSSR count). The number of nitrogens with zero attached hydrogens (tertiary/aromatic N) is 3. The maximum absolute atomic E-state index is 13.3. The van der Waals surface area contributed by atoms with Crippen molar-refractivity contribution in [2.24, 2.45) is 13.0 Å². The van der Waals surface area contributed by atoms with E-state index in [-0.39, 0.29) is 30.4 Å². The second-order valence-electron chi connectivity index (χ2n) is 8.63. The summed E-state index contributed by atoms with van der Waals surface area (Å²) in [7, 11) is 5.09. The van der Waals surface area contributed by atoms with Gasteiger partial charge in [0.2, 0.25) is 5.91 Å². The number of carbonyl (C=O) groups is 2. The Morgan fingerprint density at radius 3 is 2.50 bits per heavy atom. The summed E-state index contributed by atoms with van der Waals surface area (Å²) in [5.41, 5.74) is 1.61. The van der Waals surface area contributed by atoms with Gasteiger partial charge in [0.05, 0.1) is 26.5 Å². The molecule has 0 aliphatic heterocycles. The number of amides is 3. The Balaban J connectivity index is 1.73. The van der Waals surface area contributed by atoms with Crippen LogP contribution in [0.4, 0.5) is 10.5 Å². The van der Waals surface area contributed by atoms with E-state index in [4.69, 9.17) is 9.47 Å². The molecule has 0 saturated heterocycles. The Morgan fingerprint density at radius 1 is 1.19 bits per heavy atom. The fourth-order valence-corrected chi connectivity index (χ4v) is 3.65. The van der Waals surface area contributed by atoms with Gasteiger partial charge in [0, 0.05) is 37.6 Å².